The zero-order valence-electron chi connectivity index (χ0n) is 9.12. The first-order chi connectivity index (χ1) is 6.91. The van der Waals surface area contributed by atoms with Crippen molar-refractivity contribution in [1.29, 1.82) is 0 Å². The molecule has 1 heterocycles. The minimum Gasteiger partial charge on any atom is -0.351 e. The molecule has 0 aromatic carbocycles. The van der Waals surface area contributed by atoms with Gasteiger partial charge in [-0.1, -0.05) is 0 Å². The van der Waals surface area contributed by atoms with E-state index in [1.54, 1.807) is 0 Å². The average molecular weight is 234 g/mol. The van der Waals surface area contributed by atoms with E-state index in [9.17, 15) is 13.2 Å². The van der Waals surface area contributed by atoms with Crippen LogP contribution in [-0.4, -0.2) is 45.0 Å². The number of nitrogens with one attached hydrogen (secondary N) is 2. The standard InChI is InChI=1S/C9H18N2O3S/c1-7(15(2,13)14)9(12)11-8-4-3-5-10-6-8/h7-8,10H,3-6H2,1-2H3,(H,11,12)/t7?,8-/m0/s1. The maximum Gasteiger partial charge on any atom is 0.238 e. The number of carbonyl (C=O) groups excluding carboxylic acids is 1. The fraction of sp³-hybridized carbons (Fsp3) is 0.889. The zero-order valence-corrected chi connectivity index (χ0v) is 9.93. The van der Waals surface area contributed by atoms with Crippen molar-refractivity contribution in [2.24, 2.45) is 0 Å². The average Bonchev–Trinajstić information content (AvgIpc) is 2.16. The van der Waals surface area contributed by atoms with Gasteiger partial charge in [-0.05, 0) is 26.3 Å². The summed E-state index contributed by atoms with van der Waals surface area (Å²) in [5, 5.41) is 4.94. The fourth-order valence-electron chi connectivity index (χ4n) is 1.49. The predicted molar refractivity (Wildman–Crippen MR) is 58.3 cm³/mol. The van der Waals surface area contributed by atoms with Crippen LogP contribution in [0.1, 0.15) is 19.8 Å². The Kier molecular flexibility index (Phi) is 4.10. The lowest BCUT2D eigenvalue weighted by Gasteiger charge is -2.24. The highest BCUT2D eigenvalue weighted by atomic mass is 32.2. The summed E-state index contributed by atoms with van der Waals surface area (Å²) in [4.78, 5) is 11.5. The Labute approximate surface area is 90.5 Å². The molecular weight excluding hydrogens is 216 g/mol. The van der Waals surface area contributed by atoms with Crippen LogP contribution in [0.5, 0.6) is 0 Å². The van der Waals surface area contributed by atoms with E-state index >= 15 is 0 Å². The molecule has 2 N–H and O–H groups in total. The summed E-state index contributed by atoms with van der Waals surface area (Å²) in [6.07, 6.45) is 3.00. The predicted octanol–water partition coefficient (Wildman–Crippen LogP) is -0.712. The maximum absolute atomic E-state index is 11.5. The van der Waals surface area contributed by atoms with Gasteiger partial charge in [-0.3, -0.25) is 4.79 Å². The summed E-state index contributed by atoms with van der Waals surface area (Å²) in [6, 6.07) is 0.0652. The molecule has 0 radical (unpaired) electrons. The van der Waals surface area contributed by atoms with Gasteiger partial charge in [0.25, 0.3) is 0 Å². The van der Waals surface area contributed by atoms with Gasteiger partial charge in [0.2, 0.25) is 5.91 Å². The van der Waals surface area contributed by atoms with E-state index in [1.165, 1.54) is 6.92 Å². The van der Waals surface area contributed by atoms with Gasteiger partial charge >= 0.3 is 0 Å². The van der Waals surface area contributed by atoms with Crippen molar-refractivity contribution in [1.82, 2.24) is 10.6 Å². The van der Waals surface area contributed by atoms with Gasteiger partial charge in [-0.2, -0.15) is 0 Å². The highest BCUT2D eigenvalue weighted by Gasteiger charge is 2.25. The van der Waals surface area contributed by atoms with Crippen molar-refractivity contribution < 1.29 is 13.2 Å². The largest absolute Gasteiger partial charge is 0.351 e. The van der Waals surface area contributed by atoms with E-state index in [0.717, 1.165) is 32.2 Å². The van der Waals surface area contributed by atoms with Gasteiger partial charge in [0, 0.05) is 18.8 Å². The number of rotatable bonds is 3. The third kappa shape index (κ3) is 3.79. The first-order valence-electron chi connectivity index (χ1n) is 5.11. The normalized spacial score (nSPS) is 24.5. The second-order valence-corrected chi connectivity index (χ2v) is 6.39. The van der Waals surface area contributed by atoms with Crippen molar-refractivity contribution in [3.8, 4) is 0 Å². The molecule has 1 aliphatic heterocycles. The monoisotopic (exact) mass is 234 g/mol. The molecule has 1 fully saturated rings. The van der Waals surface area contributed by atoms with Gasteiger partial charge in [0.05, 0.1) is 0 Å². The van der Waals surface area contributed by atoms with E-state index in [2.05, 4.69) is 10.6 Å². The van der Waals surface area contributed by atoms with Crippen molar-refractivity contribution in [3.63, 3.8) is 0 Å². The lowest BCUT2D eigenvalue weighted by atomic mass is 10.1. The van der Waals surface area contributed by atoms with Crippen LogP contribution >= 0.6 is 0 Å². The van der Waals surface area contributed by atoms with Crippen molar-refractivity contribution in [2.75, 3.05) is 19.3 Å². The molecule has 0 aromatic heterocycles. The minimum absolute atomic E-state index is 0.0652. The number of hydrogen-bond donors (Lipinski definition) is 2. The van der Waals surface area contributed by atoms with Crippen LogP contribution in [0.4, 0.5) is 0 Å². The molecule has 1 saturated heterocycles. The summed E-state index contributed by atoms with van der Waals surface area (Å²) < 4.78 is 22.3. The van der Waals surface area contributed by atoms with Gasteiger partial charge in [-0.15, -0.1) is 0 Å². The number of sulfone groups is 1. The third-order valence-electron chi connectivity index (χ3n) is 2.65. The lowest BCUT2D eigenvalue weighted by molar-refractivity contribution is -0.121. The second-order valence-electron chi connectivity index (χ2n) is 4.02. The Balaban J connectivity index is 2.47. The molecule has 0 aliphatic carbocycles. The van der Waals surface area contributed by atoms with Gasteiger partial charge in [0.1, 0.15) is 5.25 Å². The quantitative estimate of drug-likeness (QED) is 0.676. The molecule has 1 unspecified atom stereocenters. The molecule has 2 atom stereocenters. The van der Waals surface area contributed by atoms with Gasteiger partial charge < -0.3 is 10.6 Å². The molecule has 0 bridgehead atoms. The molecule has 1 rings (SSSR count). The molecule has 0 saturated carbocycles. The zero-order chi connectivity index (χ0) is 11.5. The van der Waals surface area contributed by atoms with Crippen LogP contribution < -0.4 is 10.6 Å². The Morgan fingerprint density at radius 1 is 1.53 bits per heavy atom. The Hall–Kier alpha value is -0.620. The van der Waals surface area contributed by atoms with Gasteiger partial charge in [-0.25, -0.2) is 8.42 Å². The SMILES string of the molecule is CC(C(=O)N[C@H]1CCCNC1)S(C)(=O)=O. The smallest absolute Gasteiger partial charge is 0.238 e. The van der Waals surface area contributed by atoms with E-state index in [0.29, 0.717) is 0 Å². The topological polar surface area (TPSA) is 75.3 Å². The first kappa shape index (κ1) is 12.4. The molecule has 15 heavy (non-hydrogen) atoms. The van der Waals surface area contributed by atoms with E-state index < -0.39 is 21.0 Å². The highest BCUT2D eigenvalue weighted by molar-refractivity contribution is 7.92. The lowest BCUT2D eigenvalue weighted by Crippen LogP contribution is -2.49. The van der Waals surface area contributed by atoms with Crippen LogP contribution in [0.15, 0.2) is 0 Å². The molecule has 1 amide bonds. The van der Waals surface area contributed by atoms with Crippen molar-refractivity contribution in [2.45, 2.75) is 31.1 Å². The first-order valence-corrected chi connectivity index (χ1v) is 7.06. The molecule has 6 heteroatoms. The molecule has 0 aromatic rings. The molecule has 88 valence electrons. The third-order valence-corrected chi connectivity index (χ3v) is 4.15. The molecule has 0 spiro atoms. The van der Waals surface area contributed by atoms with Crippen LogP contribution in [-0.2, 0) is 14.6 Å². The number of piperidine rings is 1. The summed E-state index contributed by atoms with van der Waals surface area (Å²) in [7, 11) is -3.29. The number of hydrogen-bond acceptors (Lipinski definition) is 4. The van der Waals surface area contributed by atoms with Gasteiger partial charge in [0.15, 0.2) is 9.84 Å². The Morgan fingerprint density at radius 2 is 2.20 bits per heavy atom. The maximum atomic E-state index is 11.5. The highest BCUT2D eigenvalue weighted by Crippen LogP contribution is 2.04. The van der Waals surface area contributed by atoms with E-state index in [4.69, 9.17) is 0 Å². The number of carbonyl (C=O) groups is 1. The molecule has 5 nitrogen and oxygen atoms in total. The summed E-state index contributed by atoms with van der Waals surface area (Å²) >= 11 is 0. The van der Waals surface area contributed by atoms with Crippen LogP contribution in [0, 0.1) is 0 Å². The van der Waals surface area contributed by atoms with Crippen LogP contribution in [0.3, 0.4) is 0 Å². The Morgan fingerprint density at radius 3 is 2.67 bits per heavy atom. The molecule has 1 aliphatic rings. The summed E-state index contributed by atoms with van der Waals surface area (Å²) in [5.41, 5.74) is 0. The van der Waals surface area contributed by atoms with Crippen molar-refractivity contribution >= 4 is 15.7 Å². The number of amides is 1. The fourth-order valence-corrected chi connectivity index (χ4v) is 1.94. The minimum atomic E-state index is -3.29. The molecular formula is C9H18N2O3S. The Bertz CT molecular complexity index is 320. The van der Waals surface area contributed by atoms with E-state index in [1.807, 2.05) is 0 Å². The second kappa shape index (κ2) is 4.94. The summed E-state index contributed by atoms with van der Waals surface area (Å²) in [5.74, 6) is -0.397. The van der Waals surface area contributed by atoms with Crippen LogP contribution in [0.2, 0.25) is 0 Å². The summed E-state index contributed by atoms with van der Waals surface area (Å²) in [6.45, 7) is 3.11. The van der Waals surface area contributed by atoms with E-state index in [-0.39, 0.29) is 6.04 Å². The van der Waals surface area contributed by atoms with Crippen LogP contribution in [0.25, 0.3) is 0 Å². The van der Waals surface area contributed by atoms with Crippen molar-refractivity contribution in [3.05, 3.63) is 0 Å².